The Kier molecular flexibility index (Phi) is 6.92. The Labute approximate surface area is 191 Å². The normalized spacial score (nSPS) is 19.7. The first-order valence-electron chi connectivity index (χ1n) is 10.4. The smallest absolute Gasteiger partial charge is 0.414 e. The fourth-order valence-corrected chi connectivity index (χ4v) is 5.49. The summed E-state index contributed by atoms with van der Waals surface area (Å²) in [6.07, 6.45) is -0.449. The number of nitrogens with zero attached hydrogens (tertiary/aromatic N) is 2. The van der Waals surface area contributed by atoms with E-state index < -0.39 is 28.1 Å². The Hall–Kier alpha value is -2.30. The van der Waals surface area contributed by atoms with E-state index in [1.54, 1.807) is 24.3 Å². The molecule has 172 valence electrons. The number of aryl methyl sites for hydroxylation is 1. The lowest BCUT2D eigenvalue weighted by molar-refractivity contribution is 0.107. The highest BCUT2D eigenvalue weighted by molar-refractivity contribution is 7.99. The van der Waals surface area contributed by atoms with Gasteiger partial charge in [-0.2, -0.15) is 20.2 Å². The molecule has 4 rings (SSSR count). The third-order valence-electron chi connectivity index (χ3n) is 5.40. The molecule has 0 aliphatic carbocycles. The maximum Gasteiger partial charge on any atom is 0.414 e. The summed E-state index contributed by atoms with van der Waals surface area (Å²) in [5, 5.41) is 0. The molecule has 2 saturated heterocycles. The van der Waals surface area contributed by atoms with E-state index in [2.05, 4.69) is 0 Å². The van der Waals surface area contributed by atoms with Crippen LogP contribution < -0.4 is 9.80 Å². The minimum atomic E-state index is -3.97. The molecule has 7 nitrogen and oxygen atoms in total. The van der Waals surface area contributed by atoms with Crippen LogP contribution in [0.3, 0.4) is 0 Å². The van der Waals surface area contributed by atoms with Crippen LogP contribution in [-0.4, -0.2) is 58.4 Å². The largest absolute Gasteiger partial charge is 0.441 e. The van der Waals surface area contributed by atoms with Crippen LogP contribution in [0.5, 0.6) is 0 Å². The van der Waals surface area contributed by atoms with Gasteiger partial charge in [-0.3, -0.25) is 9.08 Å². The van der Waals surface area contributed by atoms with Gasteiger partial charge in [-0.1, -0.05) is 17.7 Å². The van der Waals surface area contributed by atoms with Crippen molar-refractivity contribution in [2.75, 3.05) is 47.5 Å². The molecule has 1 amide bonds. The van der Waals surface area contributed by atoms with E-state index in [4.69, 9.17) is 8.92 Å². The summed E-state index contributed by atoms with van der Waals surface area (Å²) in [6, 6.07) is 11.0. The van der Waals surface area contributed by atoms with E-state index in [1.807, 2.05) is 23.6 Å². The van der Waals surface area contributed by atoms with Crippen molar-refractivity contribution in [2.45, 2.75) is 24.3 Å². The minimum Gasteiger partial charge on any atom is -0.441 e. The van der Waals surface area contributed by atoms with E-state index in [1.165, 1.54) is 23.1 Å². The highest BCUT2D eigenvalue weighted by atomic mass is 32.2. The van der Waals surface area contributed by atoms with E-state index >= 15 is 0 Å². The maximum absolute atomic E-state index is 14.8. The monoisotopic (exact) mass is 480 g/mol. The van der Waals surface area contributed by atoms with E-state index in [0.29, 0.717) is 11.4 Å². The molecule has 32 heavy (non-hydrogen) atoms. The summed E-state index contributed by atoms with van der Waals surface area (Å²) in [5.41, 5.74) is 1.81. The second-order valence-electron chi connectivity index (χ2n) is 7.76. The Morgan fingerprint density at radius 3 is 2.69 bits per heavy atom. The molecule has 2 aliphatic rings. The number of carbonyl (C=O) groups excluding carboxylic acids is 1. The van der Waals surface area contributed by atoms with E-state index in [9.17, 15) is 17.6 Å². The molecule has 0 saturated carbocycles. The molecule has 0 bridgehead atoms. The molecular weight excluding hydrogens is 455 g/mol. The molecule has 0 aromatic heterocycles. The highest BCUT2D eigenvalue weighted by Crippen LogP contribution is 2.29. The van der Waals surface area contributed by atoms with Crippen molar-refractivity contribution >= 4 is 39.3 Å². The average Bonchev–Trinajstić information content (AvgIpc) is 2.95. The number of hydrogen-bond acceptors (Lipinski definition) is 7. The lowest BCUT2D eigenvalue weighted by Crippen LogP contribution is -2.28. The van der Waals surface area contributed by atoms with Gasteiger partial charge in [0.15, 0.2) is 0 Å². The predicted molar refractivity (Wildman–Crippen MR) is 122 cm³/mol. The number of carbonyl (C=O) groups is 1. The van der Waals surface area contributed by atoms with Crippen LogP contribution in [0.4, 0.5) is 20.6 Å². The summed E-state index contributed by atoms with van der Waals surface area (Å²) in [6.45, 7) is 3.18. The number of rotatable bonds is 6. The van der Waals surface area contributed by atoms with Gasteiger partial charge in [-0.25, -0.2) is 9.18 Å². The molecule has 2 heterocycles. The molecule has 2 aliphatic heterocycles. The van der Waals surface area contributed by atoms with Gasteiger partial charge in [0.1, 0.15) is 18.5 Å². The van der Waals surface area contributed by atoms with Crippen molar-refractivity contribution in [2.24, 2.45) is 0 Å². The van der Waals surface area contributed by atoms with Gasteiger partial charge in [0, 0.05) is 18.8 Å². The molecule has 2 aromatic rings. The second kappa shape index (κ2) is 9.68. The molecular formula is C22H25FN2O5S2. The second-order valence-corrected chi connectivity index (χ2v) is 10.6. The highest BCUT2D eigenvalue weighted by Gasteiger charge is 2.34. The van der Waals surface area contributed by atoms with Crippen molar-refractivity contribution < 1.29 is 26.5 Å². The first-order valence-corrected chi connectivity index (χ1v) is 13.0. The predicted octanol–water partition coefficient (Wildman–Crippen LogP) is 3.81. The number of ether oxygens (including phenoxy) is 1. The summed E-state index contributed by atoms with van der Waals surface area (Å²) in [5.74, 6) is 1.62. The van der Waals surface area contributed by atoms with Crippen molar-refractivity contribution in [1.29, 1.82) is 0 Å². The molecule has 0 N–H and O–H groups in total. The Morgan fingerprint density at radius 2 is 1.94 bits per heavy atom. The molecule has 0 spiro atoms. The summed E-state index contributed by atoms with van der Waals surface area (Å²) < 4.78 is 49.9. The Bertz CT molecular complexity index is 1070. The quantitative estimate of drug-likeness (QED) is 0.582. The van der Waals surface area contributed by atoms with Gasteiger partial charge in [0.25, 0.3) is 10.1 Å². The molecule has 2 aromatic carbocycles. The van der Waals surface area contributed by atoms with Crippen LogP contribution in [0.25, 0.3) is 0 Å². The van der Waals surface area contributed by atoms with Crippen molar-refractivity contribution in [3.63, 3.8) is 0 Å². The van der Waals surface area contributed by atoms with Crippen molar-refractivity contribution in [3.8, 4) is 0 Å². The summed E-state index contributed by atoms with van der Waals surface area (Å²) >= 11 is 1.86. The molecule has 0 unspecified atom stereocenters. The zero-order chi connectivity index (χ0) is 22.7. The molecule has 10 heteroatoms. The van der Waals surface area contributed by atoms with Crippen LogP contribution in [0.1, 0.15) is 12.0 Å². The summed E-state index contributed by atoms with van der Waals surface area (Å²) in [4.78, 5) is 15.7. The Morgan fingerprint density at radius 1 is 1.16 bits per heavy atom. The third-order valence-corrected chi connectivity index (χ3v) is 7.74. The third kappa shape index (κ3) is 5.19. The average molecular weight is 481 g/mol. The lowest BCUT2D eigenvalue weighted by Gasteiger charge is -2.24. The van der Waals surface area contributed by atoms with Crippen LogP contribution in [-0.2, 0) is 19.0 Å². The first kappa shape index (κ1) is 22.9. The zero-order valence-corrected chi connectivity index (χ0v) is 19.3. The fourth-order valence-electron chi connectivity index (χ4n) is 3.66. The number of anilines is 2. The van der Waals surface area contributed by atoms with Crippen molar-refractivity contribution in [1.82, 2.24) is 0 Å². The lowest BCUT2D eigenvalue weighted by atomic mass is 10.2. The first-order chi connectivity index (χ1) is 15.3. The Balaban J connectivity index is 1.40. The SMILES string of the molecule is Cc1ccc(S(=O)(=O)OC[C@H]2CN(c3ccc(N4CCCSCC4)c(F)c3)C(=O)O2)cc1. The number of benzene rings is 2. The standard InChI is InChI=1S/C22H25FN2O5S2/c1-16-3-6-19(7-4-16)32(27,28)29-15-18-14-25(22(26)30-18)17-5-8-21(20(23)13-17)24-9-2-11-31-12-10-24/h3-8,13,18H,2,9-12,14-15H2,1H3/t18-/m1/s1. The van der Waals surface area contributed by atoms with Gasteiger partial charge in [-0.05, 0) is 49.4 Å². The molecule has 1 atom stereocenters. The number of amides is 1. The zero-order valence-electron chi connectivity index (χ0n) is 17.7. The van der Waals surface area contributed by atoms with Crippen LogP contribution in [0, 0.1) is 12.7 Å². The van der Waals surface area contributed by atoms with Crippen LogP contribution >= 0.6 is 11.8 Å². The molecule has 0 radical (unpaired) electrons. The van der Waals surface area contributed by atoms with Gasteiger partial charge in [-0.15, -0.1) is 0 Å². The number of hydrogen-bond donors (Lipinski definition) is 0. The number of cyclic esters (lactones) is 1. The maximum atomic E-state index is 14.8. The van der Waals surface area contributed by atoms with Crippen LogP contribution in [0.2, 0.25) is 0 Å². The van der Waals surface area contributed by atoms with E-state index in [-0.39, 0.29) is 18.0 Å². The molecule has 2 fully saturated rings. The van der Waals surface area contributed by atoms with E-state index in [0.717, 1.165) is 36.6 Å². The number of halogens is 1. The number of thioether (sulfide) groups is 1. The van der Waals surface area contributed by atoms with Crippen LogP contribution in [0.15, 0.2) is 47.4 Å². The minimum absolute atomic E-state index is 0.0360. The fraction of sp³-hybridized carbons (Fsp3) is 0.409. The summed E-state index contributed by atoms with van der Waals surface area (Å²) in [7, 11) is -3.97. The van der Waals surface area contributed by atoms with Gasteiger partial charge < -0.3 is 9.64 Å². The van der Waals surface area contributed by atoms with Gasteiger partial charge in [0.05, 0.1) is 22.8 Å². The van der Waals surface area contributed by atoms with Gasteiger partial charge >= 0.3 is 6.09 Å². The van der Waals surface area contributed by atoms with Crippen molar-refractivity contribution in [3.05, 3.63) is 53.8 Å². The van der Waals surface area contributed by atoms with Gasteiger partial charge in [0.2, 0.25) is 0 Å². The topological polar surface area (TPSA) is 76.2 Å².